The molecular weight excluding hydrogens is 216 g/mol. The summed E-state index contributed by atoms with van der Waals surface area (Å²) in [7, 11) is 0. The Labute approximate surface area is 95.0 Å². The molecule has 0 aliphatic carbocycles. The van der Waals surface area contributed by atoms with E-state index in [1.807, 2.05) is 20.8 Å². The molecule has 0 heterocycles. The molecule has 90 valence electrons. The fourth-order valence-corrected chi connectivity index (χ4v) is 1.84. The third kappa shape index (κ3) is 10.0. The van der Waals surface area contributed by atoms with Gasteiger partial charge in [-0.1, -0.05) is 6.92 Å². The Hall–Kier alpha value is -0.260. The van der Waals surface area contributed by atoms with E-state index in [0.717, 1.165) is 0 Å². The highest BCUT2D eigenvalue weighted by Gasteiger charge is 2.11. The fourth-order valence-electron chi connectivity index (χ4n) is 0.932. The normalized spacial score (nSPS) is 15.3. The van der Waals surface area contributed by atoms with Crippen LogP contribution in [-0.4, -0.2) is 46.0 Å². The first-order chi connectivity index (χ1) is 6.91. The summed E-state index contributed by atoms with van der Waals surface area (Å²) in [5.41, 5.74) is 0. The van der Waals surface area contributed by atoms with Crippen molar-refractivity contribution in [2.45, 2.75) is 44.6 Å². The highest BCUT2D eigenvalue weighted by molar-refractivity contribution is 7.99. The molecule has 0 aromatic carbocycles. The smallest absolute Gasteiger partial charge is 0.304 e. The molecule has 2 unspecified atom stereocenters. The second-order valence-corrected chi connectivity index (χ2v) is 5.25. The van der Waals surface area contributed by atoms with Crippen molar-refractivity contribution in [1.29, 1.82) is 0 Å². The number of ether oxygens (including phenoxy) is 1. The number of aliphatic hydroxyl groups is 1. The van der Waals surface area contributed by atoms with Gasteiger partial charge < -0.3 is 14.9 Å². The van der Waals surface area contributed by atoms with E-state index in [1.165, 1.54) is 11.8 Å². The number of aliphatic hydroxyl groups excluding tert-OH is 1. The maximum atomic E-state index is 10.4. The molecule has 0 rings (SSSR count). The van der Waals surface area contributed by atoms with Crippen LogP contribution in [0.3, 0.4) is 0 Å². The lowest BCUT2D eigenvalue weighted by molar-refractivity contribution is -0.136. The lowest BCUT2D eigenvalue weighted by Gasteiger charge is -2.15. The van der Waals surface area contributed by atoms with E-state index in [9.17, 15) is 9.90 Å². The number of carboxylic acids is 1. The van der Waals surface area contributed by atoms with Gasteiger partial charge in [0.1, 0.15) is 0 Å². The highest BCUT2D eigenvalue weighted by Crippen LogP contribution is 2.15. The largest absolute Gasteiger partial charge is 0.481 e. The molecule has 15 heavy (non-hydrogen) atoms. The molecule has 0 saturated carbocycles. The first kappa shape index (κ1) is 14.7. The second-order valence-electron chi connectivity index (χ2n) is 3.78. The maximum Gasteiger partial charge on any atom is 0.304 e. The van der Waals surface area contributed by atoms with Gasteiger partial charge in [-0.25, -0.2) is 0 Å². The van der Waals surface area contributed by atoms with Crippen LogP contribution < -0.4 is 0 Å². The van der Waals surface area contributed by atoms with Crippen molar-refractivity contribution in [2.75, 3.05) is 12.4 Å². The Bertz CT molecular complexity index is 184. The van der Waals surface area contributed by atoms with Crippen molar-refractivity contribution in [3.63, 3.8) is 0 Å². The molecule has 0 radical (unpaired) electrons. The van der Waals surface area contributed by atoms with E-state index >= 15 is 0 Å². The van der Waals surface area contributed by atoms with E-state index < -0.39 is 12.1 Å². The van der Waals surface area contributed by atoms with Crippen molar-refractivity contribution in [1.82, 2.24) is 0 Å². The van der Waals surface area contributed by atoms with Gasteiger partial charge in [0.25, 0.3) is 0 Å². The number of hydrogen-bond donors (Lipinski definition) is 2. The zero-order valence-electron chi connectivity index (χ0n) is 9.47. The zero-order chi connectivity index (χ0) is 11.8. The van der Waals surface area contributed by atoms with Gasteiger partial charge in [0, 0.05) is 11.0 Å². The van der Waals surface area contributed by atoms with Gasteiger partial charge in [0.15, 0.2) is 0 Å². The van der Waals surface area contributed by atoms with Crippen molar-refractivity contribution in [3.8, 4) is 0 Å². The summed E-state index contributed by atoms with van der Waals surface area (Å²) < 4.78 is 5.24. The average molecular weight is 236 g/mol. The summed E-state index contributed by atoms with van der Waals surface area (Å²) in [6.07, 6.45) is -0.280. The highest BCUT2D eigenvalue weighted by atomic mass is 32.2. The third-order valence-corrected chi connectivity index (χ3v) is 2.97. The number of thioether (sulfide) groups is 1. The first-order valence-electron chi connectivity index (χ1n) is 5.05. The van der Waals surface area contributed by atoms with Crippen molar-refractivity contribution < 1.29 is 19.7 Å². The topological polar surface area (TPSA) is 66.8 Å². The Balaban J connectivity index is 3.52. The summed E-state index contributed by atoms with van der Waals surface area (Å²) in [6, 6.07) is 0. The SMILES string of the molecule is CC(C)OCC(O)CSC(C)CC(=O)O. The molecule has 0 spiro atoms. The molecule has 0 aliphatic rings. The molecule has 0 aromatic heterocycles. The lowest BCUT2D eigenvalue weighted by atomic mass is 10.3. The lowest BCUT2D eigenvalue weighted by Crippen LogP contribution is -2.22. The number of rotatable bonds is 8. The molecule has 0 aromatic rings. The molecule has 5 heteroatoms. The Kier molecular flexibility index (Phi) is 7.82. The summed E-state index contributed by atoms with van der Waals surface area (Å²) in [5, 5.41) is 18.0. The minimum absolute atomic E-state index is 0.0243. The molecule has 0 bridgehead atoms. The predicted molar refractivity (Wildman–Crippen MR) is 61.3 cm³/mol. The van der Waals surface area contributed by atoms with Crippen LogP contribution in [0.15, 0.2) is 0 Å². The molecule has 0 saturated heterocycles. The van der Waals surface area contributed by atoms with Crippen LogP contribution in [0.25, 0.3) is 0 Å². The standard InChI is InChI=1S/C10H20O4S/c1-7(2)14-5-9(11)6-15-8(3)4-10(12)13/h7-9,11H,4-6H2,1-3H3,(H,12,13). The summed E-state index contributed by atoms with van der Waals surface area (Å²) in [5.74, 6) is -0.288. The molecule has 2 atom stereocenters. The van der Waals surface area contributed by atoms with Crippen LogP contribution in [-0.2, 0) is 9.53 Å². The minimum atomic E-state index is -0.803. The van der Waals surface area contributed by atoms with Gasteiger partial charge in [-0.3, -0.25) is 4.79 Å². The van der Waals surface area contributed by atoms with E-state index in [1.54, 1.807) is 0 Å². The van der Waals surface area contributed by atoms with Crippen LogP contribution in [0.2, 0.25) is 0 Å². The predicted octanol–water partition coefficient (Wildman–Crippen LogP) is 1.37. The molecule has 4 nitrogen and oxygen atoms in total. The molecular formula is C10H20O4S. The van der Waals surface area contributed by atoms with Crippen LogP contribution in [0.4, 0.5) is 0 Å². The maximum absolute atomic E-state index is 10.4. The number of hydrogen-bond acceptors (Lipinski definition) is 4. The van der Waals surface area contributed by atoms with Crippen LogP contribution >= 0.6 is 11.8 Å². The van der Waals surface area contributed by atoms with E-state index in [0.29, 0.717) is 12.4 Å². The summed E-state index contributed by atoms with van der Waals surface area (Å²) in [4.78, 5) is 10.4. The Morgan fingerprint density at radius 1 is 1.40 bits per heavy atom. The Morgan fingerprint density at radius 2 is 2.00 bits per heavy atom. The molecule has 0 amide bonds. The number of carbonyl (C=O) groups is 1. The zero-order valence-corrected chi connectivity index (χ0v) is 10.3. The van der Waals surface area contributed by atoms with Gasteiger partial charge in [-0.05, 0) is 13.8 Å². The molecule has 0 aliphatic heterocycles. The number of carboxylic acid groups (broad SMARTS) is 1. The molecule has 2 N–H and O–H groups in total. The summed E-state index contributed by atoms with van der Waals surface area (Å²) >= 11 is 1.45. The van der Waals surface area contributed by atoms with Crippen LogP contribution in [0, 0.1) is 0 Å². The fraction of sp³-hybridized carbons (Fsp3) is 0.900. The van der Waals surface area contributed by atoms with Gasteiger partial charge in [-0.15, -0.1) is 0 Å². The summed E-state index contributed by atoms with van der Waals surface area (Å²) in [6.45, 7) is 5.97. The number of aliphatic carboxylic acids is 1. The van der Waals surface area contributed by atoms with E-state index in [4.69, 9.17) is 9.84 Å². The van der Waals surface area contributed by atoms with Crippen LogP contribution in [0.5, 0.6) is 0 Å². The monoisotopic (exact) mass is 236 g/mol. The second kappa shape index (κ2) is 7.96. The van der Waals surface area contributed by atoms with Gasteiger partial charge >= 0.3 is 5.97 Å². The molecule has 0 fully saturated rings. The van der Waals surface area contributed by atoms with Crippen LogP contribution in [0.1, 0.15) is 27.2 Å². The van der Waals surface area contributed by atoms with Crippen molar-refractivity contribution in [2.24, 2.45) is 0 Å². The van der Waals surface area contributed by atoms with E-state index in [2.05, 4.69) is 0 Å². The van der Waals surface area contributed by atoms with Gasteiger partial charge in [0.05, 0.1) is 25.2 Å². The quantitative estimate of drug-likeness (QED) is 0.666. The average Bonchev–Trinajstić information content (AvgIpc) is 2.10. The minimum Gasteiger partial charge on any atom is -0.481 e. The Morgan fingerprint density at radius 3 is 2.47 bits per heavy atom. The third-order valence-electron chi connectivity index (χ3n) is 1.66. The first-order valence-corrected chi connectivity index (χ1v) is 6.09. The van der Waals surface area contributed by atoms with Crippen molar-refractivity contribution >= 4 is 17.7 Å². The van der Waals surface area contributed by atoms with Gasteiger partial charge in [-0.2, -0.15) is 11.8 Å². The van der Waals surface area contributed by atoms with Crippen molar-refractivity contribution in [3.05, 3.63) is 0 Å². The van der Waals surface area contributed by atoms with E-state index in [-0.39, 0.29) is 17.8 Å². The van der Waals surface area contributed by atoms with Gasteiger partial charge in [0.2, 0.25) is 0 Å².